The van der Waals surface area contributed by atoms with E-state index in [1.807, 2.05) is 0 Å². The summed E-state index contributed by atoms with van der Waals surface area (Å²) in [6, 6.07) is 4.87. The van der Waals surface area contributed by atoms with Crippen LogP contribution in [0.1, 0.15) is 28.0 Å². The highest BCUT2D eigenvalue weighted by Gasteiger charge is 2.17. The number of hydrogen-bond donors (Lipinski definition) is 1. The van der Waals surface area contributed by atoms with Gasteiger partial charge in [-0.3, -0.25) is 9.59 Å². The van der Waals surface area contributed by atoms with E-state index in [0.717, 1.165) is 0 Å². The van der Waals surface area contributed by atoms with Crippen LogP contribution >= 0.6 is 34.5 Å². The first-order chi connectivity index (χ1) is 11.4. The minimum Gasteiger partial charge on any atom is -0.484 e. The molecule has 1 aromatic carbocycles. The molecule has 124 valence electrons. The van der Waals surface area contributed by atoms with Crippen LogP contribution in [0.15, 0.2) is 23.0 Å². The Labute approximate surface area is 151 Å². The molecular formula is C16H12Cl2N2O3S. The SMILES string of the molecule is CC(=O)c1sc2nc(COc3cc(Cl)ccc3Cl)[nH]c(=O)c2c1C. The van der Waals surface area contributed by atoms with Crippen LogP contribution in [0.5, 0.6) is 5.75 Å². The second kappa shape index (κ2) is 6.55. The van der Waals surface area contributed by atoms with Crippen LogP contribution in [-0.2, 0) is 6.61 Å². The van der Waals surface area contributed by atoms with Crippen molar-refractivity contribution in [1.29, 1.82) is 0 Å². The Hall–Kier alpha value is -1.89. The number of rotatable bonds is 4. The highest BCUT2D eigenvalue weighted by Crippen LogP contribution is 2.29. The van der Waals surface area contributed by atoms with Crippen molar-refractivity contribution in [3.8, 4) is 5.75 Å². The fourth-order valence-corrected chi connectivity index (χ4v) is 3.76. The molecular weight excluding hydrogens is 371 g/mol. The van der Waals surface area contributed by atoms with Gasteiger partial charge in [-0.1, -0.05) is 23.2 Å². The lowest BCUT2D eigenvalue weighted by Crippen LogP contribution is -2.13. The molecule has 3 aromatic rings. The summed E-state index contributed by atoms with van der Waals surface area (Å²) in [5.41, 5.74) is 0.360. The molecule has 0 spiro atoms. The Morgan fingerprint density at radius 1 is 1.38 bits per heavy atom. The number of nitrogens with one attached hydrogen (secondary N) is 1. The third-order valence-corrected chi connectivity index (χ3v) is 5.26. The van der Waals surface area contributed by atoms with E-state index in [0.29, 0.717) is 42.3 Å². The maximum Gasteiger partial charge on any atom is 0.260 e. The van der Waals surface area contributed by atoms with Gasteiger partial charge in [-0.2, -0.15) is 0 Å². The third-order valence-electron chi connectivity index (χ3n) is 3.43. The van der Waals surface area contributed by atoms with Gasteiger partial charge < -0.3 is 9.72 Å². The summed E-state index contributed by atoms with van der Waals surface area (Å²) in [5.74, 6) is 0.664. The molecule has 0 unspecified atom stereocenters. The number of aryl methyl sites for hydroxylation is 1. The van der Waals surface area contributed by atoms with Crippen molar-refractivity contribution in [3.05, 3.63) is 54.9 Å². The molecule has 1 N–H and O–H groups in total. The van der Waals surface area contributed by atoms with Crippen LogP contribution < -0.4 is 10.3 Å². The second-order valence-corrected chi connectivity index (χ2v) is 7.01. The smallest absolute Gasteiger partial charge is 0.260 e. The Kier molecular flexibility index (Phi) is 4.62. The fraction of sp³-hybridized carbons (Fsp3) is 0.188. The van der Waals surface area contributed by atoms with E-state index < -0.39 is 0 Å². The number of halogens is 2. The summed E-state index contributed by atoms with van der Waals surface area (Å²) in [6.45, 7) is 3.24. The number of fused-ring (bicyclic) bond motifs is 1. The summed E-state index contributed by atoms with van der Waals surface area (Å²) >= 11 is 13.1. The zero-order chi connectivity index (χ0) is 17.4. The highest BCUT2D eigenvalue weighted by atomic mass is 35.5. The van der Waals surface area contributed by atoms with E-state index in [4.69, 9.17) is 27.9 Å². The van der Waals surface area contributed by atoms with Crippen molar-refractivity contribution in [2.24, 2.45) is 0 Å². The molecule has 3 rings (SSSR count). The van der Waals surface area contributed by atoms with Gasteiger partial charge in [0, 0.05) is 11.1 Å². The first kappa shape index (κ1) is 17.0. The third kappa shape index (κ3) is 3.17. The number of aromatic nitrogens is 2. The molecule has 0 saturated heterocycles. The molecule has 0 amide bonds. The van der Waals surface area contributed by atoms with Gasteiger partial charge in [-0.05, 0) is 31.5 Å². The van der Waals surface area contributed by atoms with Crippen molar-refractivity contribution in [1.82, 2.24) is 9.97 Å². The quantitative estimate of drug-likeness (QED) is 0.679. The standard InChI is InChI=1S/C16H12Cl2N2O3S/c1-7-13-15(22)19-12(20-16(13)24-14(7)8(2)21)6-23-11-5-9(17)3-4-10(11)18/h3-5H,6H2,1-2H3,(H,19,20,22). The minimum atomic E-state index is -0.294. The number of H-pyrrole nitrogens is 1. The Balaban J connectivity index is 1.95. The number of nitrogens with zero attached hydrogens (tertiary/aromatic N) is 1. The predicted octanol–water partition coefficient (Wildman–Crippen LogP) is 4.38. The molecule has 2 heterocycles. The fourth-order valence-electron chi connectivity index (χ4n) is 2.33. The number of aromatic amines is 1. The van der Waals surface area contributed by atoms with Crippen molar-refractivity contribution >= 4 is 50.5 Å². The molecule has 8 heteroatoms. The lowest BCUT2D eigenvalue weighted by Gasteiger charge is -2.07. The van der Waals surface area contributed by atoms with Crippen LogP contribution in [-0.4, -0.2) is 15.8 Å². The summed E-state index contributed by atoms with van der Waals surface area (Å²) in [6.07, 6.45) is 0. The van der Waals surface area contributed by atoms with Gasteiger partial charge in [0.1, 0.15) is 23.0 Å². The van der Waals surface area contributed by atoms with Gasteiger partial charge in [0.05, 0.1) is 15.3 Å². The van der Waals surface area contributed by atoms with Crippen LogP contribution in [0.3, 0.4) is 0 Å². The zero-order valence-electron chi connectivity index (χ0n) is 12.8. The zero-order valence-corrected chi connectivity index (χ0v) is 15.1. The molecule has 5 nitrogen and oxygen atoms in total. The van der Waals surface area contributed by atoms with E-state index in [1.165, 1.54) is 18.3 Å². The Morgan fingerprint density at radius 2 is 2.12 bits per heavy atom. The maximum absolute atomic E-state index is 12.3. The van der Waals surface area contributed by atoms with Crippen LogP contribution in [0, 0.1) is 6.92 Å². The number of hydrogen-bond acceptors (Lipinski definition) is 5. The molecule has 0 atom stereocenters. The lowest BCUT2D eigenvalue weighted by atomic mass is 10.2. The van der Waals surface area contributed by atoms with Gasteiger partial charge in [0.15, 0.2) is 5.78 Å². The van der Waals surface area contributed by atoms with Gasteiger partial charge >= 0.3 is 0 Å². The number of Topliss-reactive ketones (excluding diaryl/α,β-unsaturated/α-hetero) is 1. The highest BCUT2D eigenvalue weighted by molar-refractivity contribution is 7.20. The summed E-state index contributed by atoms with van der Waals surface area (Å²) < 4.78 is 5.58. The topological polar surface area (TPSA) is 72.0 Å². The normalized spacial score (nSPS) is 11.0. The Bertz CT molecular complexity index is 1010. The number of ether oxygens (including phenoxy) is 1. The monoisotopic (exact) mass is 382 g/mol. The minimum absolute atomic E-state index is 0.0254. The van der Waals surface area contributed by atoms with Gasteiger partial charge in [0.2, 0.25) is 0 Å². The van der Waals surface area contributed by atoms with Crippen molar-refractivity contribution in [2.45, 2.75) is 20.5 Å². The maximum atomic E-state index is 12.3. The number of benzene rings is 1. The van der Waals surface area contributed by atoms with Crippen molar-refractivity contribution in [2.75, 3.05) is 0 Å². The van der Waals surface area contributed by atoms with E-state index in [-0.39, 0.29) is 17.9 Å². The summed E-state index contributed by atoms with van der Waals surface area (Å²) in [5, 5.41) is 1.34. The van der Waals surface area contributed by atoms with Crippen LogP contribution in [0.25, 0.3) is 10.2 Å². The number of ketones is 1. The average molecular weight is 383 g/mol. The molecule has 0 aliphatic rings. The number of carbonyl (C=O) groups is 1. The first-order valence-electron chi connectivity index (χ1n) is 6.98. The molecule has 24 heavy (non-hydrogen) atoms. The molecule has 0 radical (unpaired) electrons. The molecule has 0 fully saturated rings. The molecule has 0 aliphatic carbocycles. The van der Waals surface area contributed by atoms with Crippen LogP contribution in [0.2, 0.25) is 10.0 Å². The van der Waals surface area contributed by atoms with Crippen LogP contribution in [0.4, 0.5) is 0 Å². The van der Waals surface area contributed by atoms with Gasteiger partial charge in [0.25, 0.3) is 5.56 Å². The number of carbonyl (C=O) groups excluding carboxylic acids is 1. The average Bonchev–Trinajstić information content (AvgIpc) is 2.86. The summed E-state index contributed by atoms with van der Waals surface area (Å²) in [7, 11) is 0. The van der Waals surface area contributed by atoms with E-state index in [9.17, 15) is 9.59 Å². The molecule has 0 saturated carbocycles. The van der Waals surface area contributed by atoms with Gasteiger partial charge in [-0.25, -0.2) is 4.98 Å². The number of thiophene rings is 1. The van der Waals surface area contributed by atoms with E-state index in [2.05, 4.69) is 9.97 Å². The van der Waals surface area contributed by atoms with E-state index >= 15 is 0 Å². The predicted molar refractivity (Wildman–Crippen MR) is 95.8 cm³/mol. The Morgan fingerprint density at radius 3 is 2.83 bits per heavy atom. The lowest BCUT2D eigenvalue weighted by molar-refractivity contribution is 0.102. The summed E-state index contributed by atoms with van der Waals surface area (Å²) in [4.78, 5) is 32.0. The van der Waals surface area contributed by atoms with Crippen molar-refractivity contribution in [3.63, 3.8) is 0 Å². The second-order valence-electron chi connectivity index (χ2n) is 5.17. The molecule has 2 aromatic heterocycles. The molecule has 0 aliphatic heterocycles. The van der Waals surface area contributed by atoms with Gasteiger partial charge in [-0.15, -0.1) is 11.3 Å². The van der Waals surface area contributed by atoms with E-state index in [1.54, 1.807) is 25.1 Å². The first-order valence-corrected chi connectivity index (χ1v) is 8.55. The van der Waals surface area contributed by atoms with Crippen molar-refractivity contribution < 1.29 is 9.53 Å². The molecule has 0 bridgehead atoms. The largest absolute Gasteiger partial charge is 0.484 e.